The van der Waals surface area contributed by atoms with E-state index >= 15 is 0 Å². The molecule has 0 aromatic carbocycles. The molecule has 0 bridgehead atoms. The molecule has 1 aliphatic rings. The first-order valence-electron chi connectivity index (χ1n) is 5.68. The molecule has 5 heteroatoms. The fourth-order valence-electron chi connectivity index (χ4n) is 1.87. The lowest BCUT2D eigenvalue weighted by molar-refractivity contribution is -0.146. The molecule has 0 spiro atoms. The van der Waals surface area contributed by atoms with Gasteiger partial charge in [-0.05, 0) is 19.8 Å². The Balaban J connectivity index is 2.34. The largest absolute Gasteiger partial charge is 0.481 e. The monoisotopic (exact) mass is 229 g/mol. The Hall–Kier alpha value is -1.10. The minimum absolute atomic E-state index is 0.195. The summed E-state index contributed by atoms with van der Waals surface area (Å²) in [5, 5.41) is 11.3. The van der Waals surface area contributed by atoms with Gasteiger partial charge in [0.2, 0.25) is 5.91 Å². The molecular formula is C11H19NO4. The molecule has 16 heavy (non-hydrogen) atoms. The number of carbonyl (C=O) groups is 2. The number of carboxylic acid groups (broad SMARTS) is 1. The Morgan fingerprint density at radius 1 is 1.56 bits per heavy atom. The van der Waals surface area contributed by atoms with Crippen LogP contribution in [0.1, 0.15) is 26.7 Å². The molecule has 2 N–H and O–H groups in total. The summed E-state index contributed by atoms with van der Waals surface area (Å²) in [7, 11) is 0. The molecule has 1 fully saturated rings. The Kier molecular flexibility index (Phi) is 4.73. The lowest BCUT2D eigenvalue weighted by Crippen LogP contribution is -2.38. The highest BCUT2D eigenvalue weighted by atomic mass is 16.5. The van der Waals surface area contributed by atoms with Gasteiger partial charge in [0.1, 0.15) is 5.92 Å². The van der Waals surface area contributed by atoms with E-state index < -0.39 is 17.8 Å². The van der Waals surface area contributed by atoms with Crippen molar-refractivity contribution < 1.29 is 19.4 Å². The first kappa shape index (κ1) is 13.0. The lowest BCUT2D eigenvalue weighted by Gasteiger charge is -2.17. The molecule has 0 saturated carbocycles. The van der Waals surface area contributed by atoms with Gasteiger partial charge in [-0.15, -0.1) is 0 Å². The summed E-state index contributed by atoms with van der Waals surface area (Å²) in [5.74, 6) is -2.18. The van der Waals surface area contributed by atoms with Gasteiger partial charge in [0.05, 0.1) is 6.10 Å². The summed E-state index contributed by atoms with van der Waals surface area (Å²) >= 11 is 0. The van der Waals surface area contributed by atoms with Crippen LogP contribution >= 0.6 is 0 Å². The second-order valence-corrected chi connectivity index (χ2v) is 4.17. The predicted octanol–water partition coefficient (Wildman–Crippen LogP) is 0.638. The van der Waals surface area contributed by atoms with Gasteiger partial charge in [0.25, 0.3) is 0 Å². The van der Waals surface area contributed by atoms with Crippen molar-refractivity contribution in [2.24, 2.45) is 11.8 Å². The number of aliphatic carboxylic acids is 1. The quantitative estimate of drug-likeness (QED) is 0.678. The standard InChI is InChI=1S/C11H19NO4/c1-3-9-8(4-5-16-9)6-12-10(13)7(2)11(14)15/h7-9H,3-6H2,1-2H3,(H,12,13)(H,14,15). The van der Waals surface area contributed by atoms with Crippen molar-refractivity contribution in [2.75, 3.05) is 13.2 Å². The predicted molar refractivity (Wildman–Crippen MR) is 57.9 cm³/mol. The molecular weight excluding hydrogens is 210 g/mol. The number of carbonyl (C=O) groups excluding carboxylic acids is 1. The van der Waals surface area contributed by atoms with Gasteiger partial charge in [-0.2, -0.15) is 0 Å². The molecule has 1 rings (SSSR count). The maximum absolute atomic E-state index is 11.4. The molecule has 0 aliphatic carbocycles. The summed E-state index contributed by atoms with van der Waals surface area (Å²) in [6, 6.07) is 0. The molecule has 3 atom stereocenters. The Bertz CT molecular complexity index is 267. The van der Waals surface area contributed by atoms with Gasteiger partial charge < -0.3 is 15.2 Å². The van der Waals surface area contributed by atoms with Crippen molar-refractivity contribution in [3.05, 3.63) is 0 Å². The number of carboxylic acids is 1. The van der Waals surface area contributed by atoms with Gasteiger partial charge in [-0.25, -0.2) is 0 Å². The van der Waals surface area contributed by atoms with E-state index in [-0.39, 0.29) is 6.10 Å². The topological polar surface area (TPSA) is 75.6 Å². The van der Waals surface area contributed by atoms with Crippen LogP contribution in [0.15, 0.2) is 0 Å². The van der Waals surface area contributed by atoms with Crippen LogP contribution in [0.3, 0.4) is 0 Å². The average Bonchev–Trinajstić information content (AvgIpc) is 2.71. The van der Waals surface area contributed by atoms with E-state index in [9.17, 15) is 9.59 Å². The molecule has 0 aromatic rings. The van der Waals surface area contributed by atoms with Gasteiger partial charge in [-0.3, -0.25) is 9.59 Å². The highest BCUT2D eigenvalue weighted by Crippen LogP contribution is 2.22. The fourth-order valence-corrected chi connectivity index (χ4v) is 1.87. The molecule has 1 heterocycles. The van der Waals surface area contributed by atoms with Crippen molar-refractivity contribution in [1.82, 2.24) is 5.32 Å². The van der Waals surface area contributed by atoms with E-state index in [2.05, 4.69) is 5.32 Å². The van der Waals surface area contributed by atoms with Gasteiger partial charge >= 0.3 is 5.97 Å². The highest BCUT2D eigenvalue weighted by Gasteiger charge is 2.28. The maximum atomic E-state index is 11.4. The van der Waals surface area contributed by atoms with E-state index in [4.69, 9.17) is 9.84 Å². The van der Waals surface area contributed by atoms with Gasteiger partial charge in [-0.1, -0.05) is 6.92 Å². The number of amides is 1. The SMILES string of the molecule is CCC1OCCC1CNC(=O)C(C)C(=O)O. The fraction of sp³-hybridized carbons (Fsp3) is 0.818. The van der Waals surface area contributed by atoms with Gasteiger partial charge in [0.15, 0.2) is 0 Å². The van der Waals surface area contributed by atoms with Crippen LogP contribution in [0.5, 0.6) is 0 Å². The Labute approximate surface area is 95.2 Å². The molecule has 92 valence electrons. The first-order chi connectivity index (χ1) is 7.56. The molecule has 0 radical (unpaired) electrons. The van der Waals surface area contributed by atoms with Crippen molar-refractivity contribution >= 4 is 11.9 Å². The van der Waals surface area contributed by atoms with Gasteiger partial charge in [0, 0.05) is 19.1 Å². The maximum Gasteiger partial charge on any atom is 0.315 e. The molecule has 3 unspecified atom stereocenters. The van der Waals surface area contributed by atoms with Crippen LogP contribution in [0.2, 0.25) is 0 Å². The number of ether oxygens (including phenoxy) is 1. The van der Waals surface area contributed by atoms with E-state index in [1.165, 1.54) is 6.92 Å². The van der Waals surface area contributed by atoms with Crippen molar-refractivity contribution in [3.8, 4) is 0 Å². The summed E-state index contributed by atoms with van der Waals surface area (Å²) in [5.41, 5.74) is 0. The molecule has 5 nitrogen and oxygen atoms in total. The number of rotatable bonds is 5. The van der Waals surface area contributed by atoms with Crippen molar-refractivity contribution in [1.29, 1.82) is 0 Å². The minimum atomic E-state index is -1.09. The molecule has 1 saturated heterocycles. The molecule has 1 amide bonds. The smallest absolute Gasteiger partial charge is 0.315 e. The first-order valence-corrected chi connectivity index (χ1v) is 5.68. The van der Waals surface area contributed by atoms with Crippen LogP contribution in [0.4, 0.5) is 0 Å². The third-order valence-electron chi connectivity index (χ3n) is 3.05. The summed E-state index contributed by atoms with van der Waals surface area (Å²) in [4.78, 5) is 22.0. The summed E-state index contributed by atoms with van der Waals surface area (Å²) < 4.78 is 5.49. The van der Waals surface area contributed by atoms with Crippen LogP contribution < -0.4 is 5.32 Å². The number of hydrogen-bond donors (Lipinski definition) is 2. The Morgan fingerprint density at radius 2 is 2.25 bits per heavy atom. The van der Waals surface area contributed by atoms with E-state index in [1.54, 1.807) is 0 Å². The third-order valence-corrected chi connectivity index (χ3v) is 3.05. The van der Waals surface area contributed by atoms with Crippen LogP contribution in [0, 0.1) is 11.8 Å². The highest BCUT2D eigenvalue weighted by molar-refractivity contribution is 5.96. The third kappa shape index (κ3) is 3.20. The normalized spacial score (nSPS) is 26.4. The zero-order valence-electron chi connectivity index (χ0n) is 9.73. The second kappa shape index (κ2) is 5.84. The van der Waals surface area contributed by atoms with Crippen LogP contribution in [-0.4, -0.2) is 36.2 Å². The second-order valence-electron chi connectivity index (χ2n) is 4.17. The zero-order valence-corrected chi connectivity index (χ0v) is 9.73. The van der Waals surface area contributed by atoms with E-state index in [0.717, 1.165) is 19.4 Å². The minimum Gasteiger partial charge on any atom is -0.481 e. The van der Waals surface area contributed by atoms with Crippen LogP contribution in [0.25, 0.3) is 0 Å². The number of nitrogens with one attached hydrogen (secondary N) is 1. The molecule has 0 aromatic heterocycles. The number of hydrogen-bond acceptors (Lipinski definition) is 3. The van der Waals surface area contributed by atoms with Crippen molar-refractivity contribution in [2.45, 2.75) is 32.8 Å². The average molecular weight is 229 g/mol. The lowest BCUT2D eigenvalue weighted by atomic mass is 9.99. The van der Waals surface area contributed by atoms with E-state index in [0.29, 0.717) is 12.5 Å². The van der Waals surface area contributed by atoms with Crippen LogP contribution in [-0.2, 0) is 14.3 Å². The van der Waals surface area contributed by atoms with Crippen molar-refractivity contribution in [3.63, 3.8) is 0 Å². The summed E-state index contributed by atoms with van der Waals surface area (Å²) in [6.07, 6.45) is 2.05. The zero-order chi connectivity index (χ0) is 12.1. The van der Waals surface area contributed by atoms with E-state index in [1.807, 2.05) is 6.92 Å². The Morgan fingerprint density at radius 3 is 2.81 bits per heavy atom. The molecule has 1 aliphatic heterocycles. The summed E-state index contributed by atoms with van der Waals surface area (Å²) in [6.45, 7) is 4.67.